The van der Waals surface area contributed by atoms with E-state index in [0.717, 1.165) is 28.3 Å². The molecule has 0 saturated heterocycles. The molecule has 0 aliphatic heterocycles. The fourth-order valence-corrected chi connectivity index (χ4v) is 3.86. The number of rotatable bonds is 4. The SMILES string of the molecule is Cc1nc2ccc(-c3ccncc3)nc2n1-c1ccc(C(=O)NC2CC(F)(F)C2)cc1. The third kappa shape index (κ3) is 3.65. The number of nitrogens with one attached hydrogen (secondary N) is 1. The van der Waals surface area contributed by atoms with E-state index in [1.807, 2.05) is 35.8 Å². The highest BCUT2D eigenvalue weighted by molar-refractivity contribution is 5.94. The molecule has 0 atom stereocenters. The maximum atomic E-state index is 13.0. The maximum absolute atomic E-state index is 13.0. The number of imidazole rings is 1. The second-order valence-corrected chi connectivity index (χ2v) is 7.75. The molecule has 1 fully saturated rings. The molecule has 1 saturated carbocycles. The molecule has 156 valence electrons. The second kappa shape index (κ2) is 7.23. The monoisotopic (exact) mass is 419 g/mol. The van der Waals surface area contributed by atoms with Gasteiger partial charge < -0.3 is 5.32 Å². The highest BCUT2D eigenvalue weighted by Gasteiger charge is 2.45. The van der Waals surface area contributed by atoms with Crippen molar-refractivity contribution in [3.8, 4) is 16.9 Å². The van der Waals surface area contributed by atoms with E-state index in [0.29, 0.717) is 11.2 Å². The molecule has 1 aliphatic carbocycles. The minimum Gasteiger partial charge on any atom is -0.349 e. The number of alkyl halides is 2. The van der Waals surface area contributed by atoms with Crippen molar-refractivity contribution >= 4 is 17.1 Å². The number of aromatic nitrogens is 4. The van der Waals surface area contributed by atoms with Crippen molar-refractivity contribution in [1.82, 2.24) is 24.8 Å². The van der Waals surface area contributed by atoms with Gasteiger partial charge in [0.15, 0.2) is 5.65 Å². The zero-order chi connectivity index (χ0) is 21.6. The van der Waals surface area contributed by atoms with E-state index < -0.39 is 12.0 Å². The number of benzene rings is 1. The summed E-state index contributed by atoms with van der Waals surface area (Å²) in [7, 11) is 0. The Morgan fingerprint density at radius 3 is 2.42 bits per heavy atom. The first kappa shape index (κ1) is 19.3. The number of fused-ring (bicyclic) bond motifs is 1. The van der Waals surface area contributed by atoms with Crippen LogP contribution in [0.4, 0.5) is 8.78 Å². The van der Waals surface area contributed by atoms with Crippen LogP contribution < -0.4 is 5.32 Å². The Labute approximate surface area is 177 Å². The summed E-state index contributed by atoms with van der Waals surface area (Å²) in [6.07, 6.45) is 2.83. The zero-order valence-electron chi connectivity index (χ0n) is 16.7. The molecule has 1 N–H and O–H groups in total. The van der Waals surface area contributed by atoms with Gasteiger partial charge in [0.05, 0.1) is 5.69 Å². The summed E-state index contributed by atoms with van der Waals surface area (Å²) in [5.74, 6) is -2.25. The lowest BCUT2D eigenvalue weighted by atomic mass is 9.88. The first-order valence-corrected chi connectivity index (χ1v) is 9.95. The van der Waals surface area contributed by atoms with E-state index in [2.05, 4.69) is 15.3 Å². The molecule has 1 aliphatic rings. The number of aryl methyl sites for hydroxylation is 1. The van der Waals surface area contributed by atoms with E-state index in [-0.39, 0.29) is 18.7 Å². The molecule has 4 aromatic rings. The predicted molar refractivity (Wildman–Crippen MR) is 112 cm³/mol. The van der Waals surface area contributed by atoms with Crippen molar-refractivity contribution in [2.24, 2.45) is 0 Å². The summed E-state index contributed by atoms with van der Waals surface area (Å²) in [5, 5.41) is 2.65. The number of hydrogen-bond acceptors (Lipinski definition) is 4. The molecule has 0 unspecified atom stereocenters. The van der Waals surface area contributed by atoms with Crippen molar-refractivity contribution < 1.29 is 13.6 Å². The van der Waals surface area contributed by atoms with E-state index in [9.17, 15) is 13.6 Å². The minimum atomic E-state index is -2.66. The fraction of sp³-hybridized carbons (Fsp3) is 0.217. The fourth-order valence-electron chi connectivity index (χ4n) is 3.86. The Morgan fingerprint density at radius 2 is 1.74 bits per heavy atom. The normalized spacial score (nSPS) is 15.6. The minimum absolute atomic E-state index is 0.303. The van der Waals surface area contributed by atoms with Gasteiger partial charge in [-0.1, -0.05) is 0 Å². The van der Waals surface area contributed by atoms with Crippen LogP contribution in [0.1, 0.15) is 29.0 Å². The Balaban J connectivity index is 1.44. The van der Waals surface area contributed by atoms with Gasteiger partial charge in [0.2, 0.25) is 0 Å². The topological polar surface area (TPSA) is 72.7 Å². The van der Waals surface area contributed by atoms with Crippen molar-refractivity contribution in [2.75, 3.05) is 0 Å². The number of amides is 1. The lowest BCUT2D eigenvalue weighted by Gasteiger charge is -2.35. The number of hydrogen-bond donors (Lipinski definition) is 1. The molecule has 8 heteroatoms. The number of pyridine rings is 2. The lowest BCUT2D eigenvalue weighted by Crippen LogP contribution is -2.50. The molecular formula is C23H19F2N5O. The summed E-state index contributed by atoms with van der Waals surface area (Å²) in [5.41, 5.74) is 4.47. The van der Waals surface area contributed by atoms with E-state index in [4.69, 9.17) is 4.98 Å². The summed E-state index contributed by atoms with van der Waals surface area (Å²) < 4.78 is 27.9. The second-order valence-electron chi connectivity index (χ2n) is 7.75. The molecule has 0 radical (unpaired) electrons. The average molecular weight is 419 g/mol. The summed E-state index contributed by atoms with van der Waals surface area (Å²) in [4.78, 5) is 25.8. The lowest BCUT2D eigenvalue weighted by molar-refractivity contribution is -0.0901. The van der Waals surface area contributed by atoms with Crippen molar-refractivity contribution in [2.45, 2.75) is 31.7 Å². The summed E-state index contributed by atoms with van der Waals surface area (Å²) >= 11 is 0. The van der Waals surface area contributed by atoms with Crippen LogP contribution in [0.2, 0.25) is 0 Å². The first-order valence-electron chi connectivity index (χ1n) is 9.95. The molecule has 6 nitrogen and oxygen atoms in total. The van der Waals surface area contributed by atoms with Crippen molar-refractivity contribution in [1.29, 1.82) is 0 Å². The third-order valence-corrected chi connectivity index (χ3v) is 5.46. The summed E-state index contributed by atoms with van der Waals surface area (Å²) in [6, 6.07) is 14.1. The van der Waals surface area contributed by atoms with Gasteiger partial charge in [-0.15, -0.1) is 0 Å². The highest BCUT2D eigenvalue weighted by Crippen LogP contribution is 2.37. The molecule has 3 heterocycles. The van der Waals surface area contributed by atoms with Gasteiger partial charge in [-0.05, 0) is 55.5 Å². The Bertz CT molecular complexity index is 1260. The van der Waals surface area contributed by atoms with Crippen LogP contribution in [0.3, 0.4) is 0 Å². The molecular weight excluding hydrogens is 400 g/mol. The van der Waals surface area contributed by atoms with Crippen molar-refractivity contribution in [3.63, 3.8) is 0 Å². The molecule has 1 aromatic carbocycles. The van der Waals surface area contributed by atoms with Gasteiger partial charge >= 0.3 is 0 Å². The van der Waals surface area contributed by atoms with Gasteiger partial charge in [0.25, 0.3) is 11.8 Å². The van der Waals surface area contributed by atoms with Crippen LogP contribution in [0.15, 0.2) is 60.9 Å². The van der Waals surface area contributed by atoms with Crippen LogP contribution in [-0.4, -0.2) is 37.4 Å². The van der Waals surface area contributed by atoms with E-state index in [1.54, 1.807) is 36.7 Å². The molecule has 5 rings (SSSR count). The number of halogens is 2. The van der Waals surface area contributed by atoms with E-state index in [1.165, 1.54) is 0 Å². The quantitative estimate of drug-likeness (QED) is 0.535. The van der Waals surface area contributed by atoms with Gasteiger partial charge in [0, 0.05) is 48.1 Å². The standard InChI is InChI=1S/C23H19F2N5O/c1-14-27-20-7-6-19(15-8-10-26-11-9-15)29-21(20)30(14)18-4-2-16(3-5-18)22(31)28-17-12-23(24,25)13-17/h2-11,17H,12-13H2,1H3,(H,28,31). The zero-order valence-corrected chi connectivity index (χ0v) is 16.7. The molecule has 0 spiro atoms. The molecule has 1 amide bonds. The van der Waals surface area contributed by atoms with Crippen LogP contribution in [0, 0.1) is 6.92 Å². The average Bonchev–Trinajstić information content (AvgIpc) is 3.08. The number of nitrogens with zero attached hydrogens (tertiary/aromatic N) is 4. The predicted octanol–water partition coefficient (Wildman–Crippen LogP) is 4.32. The summed E-state index contributed by atoms with van der Waals surface area (Å²) in [6.45, 7) is 1.89. The molecule has 3 aromatic heterocycles. The van der Waals surface area contributed by atoms with Crippen LogP contribution in [0.5, 0.6) is 0 Å². The van der Waals surface area contributed by atoms with Crippen LogP contribution in [-0.2, 0) is 0 Å². The van der Waals surface area contributed by atoms with Crippen LogP contribution >= 0.6 is 0 Å². The Kier molecular flexibility index (Phi) is 4.50. The van der Waals surface area contributed by atoms with Gasteiger partial charge in [-0.25, -0.2) is 18.7 Å². The number of carbonyl (C=O) groups is 1. The third-order valence-electron chi connectivity index (χ3n) is 5.46. The largest absolute Gasteiger partial charge is 0.349 e. The first-order chi connectivity index (χ1) is 14.9. The smallest absolute Gasteiger partial charge is 0.252 e. The molecule has 0 bridgehead atoms. The molecule has 31 heavy (non-hydrogen) atoms. The van der Waals surface area contributed by atoms with Gasteiger partial charge in [-0.2, -0.15) is 0 Å². The number of carbonyl (C=O) groups excluding carboxylic acids is 1. The van der Waals surface area contributed by atoms with Crippen molar-refractivity contribution in [3.05, 3.63) is 72.3 Å². The highest BCUT2D eigenvalue weighted by atomic mass is 19.3. The van der Waals surface area contributed by atoms with Crippen LogP contribution in [0.25, 0.3) is 28.1 Å². The van der Waals surface area contributed by atoms with Gasteiger partial charge in [0.1, 0.15) is 11.3 Å². The Morgan fingerprint density at radius 1 is 1.03 bits per heavy atom. The Hall–Kier alpha value is -3.68. The van der Waals surface area contributed by atoms with Gasteiger partial charge in [-0.3, -0.25) is 14.3 Å². The van der Waals surface area contributed by atoms with E-state index >= 15 is 0 Å². The maximum Gasteiger partial charge on any atom is 0.252 e.